The maximum atomic E-state index is 12.7. The molecule has 1 heterocycles. The van der Waals surface area contributed by atoms with E-state index in [0.29, 0.717) is 6.54 Å². The summed E-state index contributed by atoms with van der Waals surface area (Å²) in [6.45, 7) is 6.80. The Morgan fingerprint density at radius 2 is 1.79 bits per heavy atom. The predicted molar refractivity (Wildman–Crippen MR) is 115 cm³/mol. The van der Waals surface area contributed by atoms with Crippen LogP contribution in [-0.4, -0.2) is 51.8 Å². The fourth-order valence-electron chi connectivity index (χ4n) is 4.16. The third-order valence-corrected chi connectivity index (χ3v) is 5.76. The summed E-state index contributed by atoms with van der Waals surface area (Å²) in [4.78, 5) is 15.4. The molecule has 2 aromatic carbocycles. The lowest BCUT2D eigenvalue weighted by Crippen LogP contribution is -3.15. The summed E-state index contributed by atoms with van der Waals surface area (Å²) < 4.78 is 5.54. The van der Waals surface area contributed by atoms with E-state index >= 15 is 0 Å². The number of morpholine rings is 1. The van der Waals surface area contributed by atoms with Gasteiger partial charge in [-0.05, 0) is 19.1 Å². The molecule has 6 heteroatoms. The number of ether oxygens (including phenoxy) is 1. The number of nitrogens with one attached hydrogen (secondary N) is 3. The van der Waals surface area contributed by atoms with Crippen molar-refractivity contribution in [2.75, 3.05) is 39.9 Å². The van der Waals surface area contributed by atoms with Gasteiger partial charge in [-0.1, -0.05) is 54.1 Å². The van der Waals surface area contributed by atoms with E-state index < -0.39 is 0 Å². The van der Waals surface area contributed by atoms with E-state index in [-0.39, 0.29) is 18.0 Å². The minimum Gasteiger partial charge on any atom is -0.370 e. The van der Waals surface area contributed by atoms with E-state index in [1.807, 2.05) is 37.4 Å². The van der Waals surface area contributed by atoms with E-state index in [1.165, 1.54) is 16.0 Å². The van der Waals surface area contributed by atoms with Gasteiger partial charge in [0.15, 0.2) is 6.54 Å². The number of hydrogen-bond donors (Lipinski definition) is 3. The Hall–Kier alpha value is -1.92. The third-order valence-electron chi connectivity index (χ3n) is 5.50. The quantitative estimate of drug-likeness (QED) is 0.586. The predicted octanol–water partition coefficient (Wildman–Crippen LogP) is 0.516. The lowest BCUT2D eigenvalue weighted by atomic mass is 9.98. The van der Waals surface area contributed by atoms with Crippen LogP contribution >= 0.6 is 11.6 Å². The molecule has 0 spiro atoms. The third kappa shape index (κ3) is 6.54. The second kappa shape index (κ2) is 10.7. The van der Waals surface area contributed by atoms with Gasteiger partial charge in [0.05, 0.1) is 26.3 Å². The molecule has 3 N–H and O–H groups in total. The molecular weight excluding hydrogens is 386 g/mol. The Bertz CT molecular complexity index is 763. The summed E-state index contributed by atoms with van der Waals surface area (Å²) >= 11 is 5.95. The molecule has 29 heavy (non-hydrogen) atoms. The van der Waals surface area contributed by atoms with Gasteiger partial charge >= 0.3 is 0 Å². The highest BCUT2D eigenvalue weighted by Gasteiger charge is 2.32. The summed E-state index contributed by atoms with van der Waals surface area (Å²) in [5.41, 5.74) is 2.44. The molecule has 0 aliphatic carbocycles. The van der Waals surface area contributed by atoms with Crippen molar-refractivity contribution in [3.05, 3.63) is 70.7 Å². The topological polar surface area (TPSA) is 47.2 Å². The molecular formula is C23H32ClN3O2+2. The van der Waals surface area contributed by atoms with Crippen LogP contribution in [0.4, 0.5) is 0 Å². The number of amides is 1. The molecule has 0 radical (unpaired) electrons. The van der Waals surface area contributed by atoms with E-state index in [1.54, 1.807) is 0 Å². The number of rotatable bonds is 8. The van der Waals surface area contributed by atoms with E-state index in [4.69, 9.17) is 16.3 Å². The maximum absolute atomic E-state index is 12.7. The number of benzene rings is 2. The van der Waals surface area contributed by atoms with Crippen LogP contribution in [0.3, 0.4) is 0 Å². The zero-order chi connectivity index (χ0) is 20.6. The van der Waals surface area contributed by atoms with Crippen LogP contribution in [-0.2, 0) is 16.1 Å². The fraction of sp³-hybridized carbons (Fsp3) is 0.435. The lowest BCUT2D eigenvalue weighted by Gasteiger charge is -2.35. The average Bonchev–Trinajstić information content (AvgIpc) is 2.71. The zero-order valence-corrected chi connectivity index (χ0v) is 18.0. The molecule has 1 saturated heterocycles. The number of halogens is 1. The summed E-state index contributed by atoms with van der Waals surface area (Å²) in [5, 5.41) is 3.99. The Kier molecular flexibility index (Phi) is 8.07. The van der Waals surface area contributed by atoms with Gasteiger partial charge in [-0.15, -0.1) is 0 Å². The van der Waals surface area contributed by atoms with Crippen LogP contribution in [0, 0.1) is 0 Å². The molecule has 1 fully saturated rings. The molecule has 1 amide bonds. The second-order valence-electron chi connectivity index (χ2n) is 7.95. The fourth-order valence-corrected chi connectivity index (χ4v) is 4.28. The lowest BCUT2D eigenvalue weighted by molar-refractivity contribution is -0.940. The van der Waals surface area contributed by atoms with Gasteiger partial charge in [-0.2, -0.15) is 0 Å². The van der Waals surface area contributed by atoms with E-state index in [2.05, 4.69) is 36.5 Å². The minimum absolute atomic E-state index is 0.0429. The monoisotopic (exact) mass is 417 g/mol. The van der Waals surface area contributed by atoms with Gasteiger partial charge in [0.1, 0.15) is 25.7 Å². The highest BCUT2D eigenvalue weighted by molar-refractivity contribution is 6.30. The van der Waals surface area contributed by atoms with Crippen molar-refractivity contribution < 1.29 is 19.3 Å². The van der Waals surface area contributed by atoms with E-state index in [9.17, 15) is 4.79 Å². The van der Waals surface area contributed by atoms with Crippen LogP contribution in [0.2, 0.25) is 5.02 Å². The smallest absolute Gasteiger partial charge is 0.275 e. The van der Waals surface area contributed by atoms with Crippen LogP contribution < -0.4 is 15.1 Å². The first-order valence-corrected chi connectivity index (χ1v) is 10.7. The first-order valence-electron chi connectivity index (χ1n) is 10.4. The van der Waals surface area contributed by atoms with Crippen LogP contribution in [0.1, 0.15) is 24.1 Å². The molecule has 1 aliphatic heterocycles. The van der Waals surface area contributed by atoms with Gasteiger partial charge in [-0.25, -0.2) is 0 Å². The molecule has 156 valence electrons. The summed E-state index contributed by atoms with van der Waals surface area (Å²) in [6, 6.07) is 18.6. The van der Waals surface area contributed by atoms with Crippen molar-refractivity contribution in [2.24, 2.45) is 0 Å². The SMILES string of the molecule is C[C@H](NC(=O)C[NH+](C)Cc1ccc(Cl)cc1)[C@H](c1ccccc1)[NH+]1CCOCC1. The first-order chi connectivity index (χ1) is 14.0. The van der Waals surface area contributed by atoms with Gasteiger partial charge in [0.2, 0.25) is 0 Å². The highest BCUT2D eigenvalue weighted by atomic mass is 35.5. The highest BCUT2D eigenvalue weighted by Crippen LogP contribution is 2.14. The molecule has 1 aliphatic rings. The Labute approximate surface area is 178 Å². The molecule has 3 rings (SSSR count). The van der Waals surface area contributed by atoms with Crippen LogP contribution in [0.5, 0.6) is 0 Å². The van der Waals surface area contributed by atoms with Gasteiger partial charge in [0, 0.05) is 16.1 Å². The van der Waals surface area contributed by atoms with Crippen molar-refractivity contribution in [3.63, 3.8) is 0 Å². The zero-order valence-electron chi connectivity index (χ0n) is 17.3. The number of likely N-dealkylation sites (N-methyl/N-ethyl adjacent to an activating group) is 1. The summed E-state index contributed by atoms with van der Waals surface area (Å²) in [5.74, 6) is 0.0811. The Balaban J connectivity index is 1.59. The molecule has 1 unspecified atom stereocenters. The minimum atomic E-state index is 0.0429. The van der Waals surface area contributed by atoms with Crippen molar-refractivity contribution in [3.8, 4) is 0 Å². The molecule has 0 aromatic heterocycles. The Morgan fingerprint density at radius 3 is 2.45 bits per heavy atom. The van der Waals surface area contributed by atoms with Crippen LogP contribution in [0.15, 0.2) is 54.6 Å². The summed E-state index contributed by atoms with van der Waals surface area (Å²) in [6.07, 6.45) is 0. The largest absolute Gasteiger partial charge is 0.370 e. The number of quaternary nitrogens is 2. The Morgan fingerprint density at radius 1 is 1.14 bits per heavy atom. The standard InChI is InChI=1S/C23H30ClN3O2/c1-18(23(20-6-4-3-5-7-20)27-12-14-29-15-13-27)25-22(28)17-26(2)16-19-8-10-21(24)11-9-19/h3-11,18,23H,12-17H2,1-2H3,(H,25,28)/p+2/t18-,23+/m0/s1. The van der Waals surface area contributed by atoms with Crippen molar-refractivity contribution in [1.82, 2.24) is 5.32 Å². The number of carbonyl (C=O) groups is 1. The van der Waals surface area contributed by atoms with Crippen LogP contribution in [0.25, 0.3) is 0 Å². The molecule has 0 bridgehead atoms. The molecule has 2 aromatic rings. The maximum Gasteiger partial charge on any atom is 0.275 e. The second-order valence-corrected chi connectivity index (χ2v) is 8.39. The normalized spacial score (nSPS) is 18.0. The first kappa shape index (κ1) is 21.8. The molecule has 0 saturated carbocycles. The van der Waals surface area contributed by atoms with Crippen molar-refractivity contribution in [2.45, 2.75) is 25.6 Å². The van der Waals surface area contributed by atoms with Crippen molar-refractivity contribution in [1.29, 1.82) is 0 Å². The number of carbonyl (C=O) groups excluding carboxylic acids is 1. The molecule has 5 nitrogen and oxygen atoms in total. The van der Waals surface area contributed by atoms with Gasteiger partial charge in [-0.3, -0.25) is 4.79 Å². The van der Waals surface area contributed by atoms with E-state index in [0.717, 1.165) is 42.8 Å². The van der Waals surface area contributed by atoms with Gasteiger partial charge in [0.25, 0.3) is 5.91 Å². The molecule has 3 atom stereocenters. The van der Waals surface area contributed by atoms with Crippen molar-refractivity contribution >= 4 is 17.5 Å². The average molecular weight is 418 g/mol. The van der Waals surface area contributed by atoms with Gasteiger partial charge < -0.3 is 19.9 Å². The number of hydrogen-bond acceptors (Lipinski definition) is 2. The summed E-state index contributed by atoms with van der Waals surface area (Å²) in [7, 11) is 2.04.